The second-order valence-electron chi connectivity index (χ2n) is 2.24. The van der Waals surface area contributed by atoms with Gasteiger partial charge in [0, 0.05) is 6.61 Å². The van der Waals surface area contributed by atoms with Gasteiger partial charge < -0.3 is 4.74 Å². The maximum absolute atomic E-state index is 5.31. The van der Waals surface area contributed by atoms with Gasteiger partial charge in [-0.05, 0) is 19.3 Å². The fourth-order valence-corrected chi connectivity index (χ4v) is 1.03. The molecule has 47 valence electrons. The third kappa shape index (κ3) is 1.48. The first kappa shape index (κ1) is 6.09. The van der Waals surface area contributed by atoms with Crippen molar-refractivity contribution in [3.63, 3.8) is 0 Å². The van der Waals surface area contributed by atoms with Gasteiger partial charge in [-0.3, -0.25) is 0 Å². The molecule has 1 rings (SSSR count). The molecule has 0 unspecified atom stereocenters. The summed E-state index contributed by atoms with van der Waals surface area (Å²) in [7, 11) is 0. The van der Waals surface area contributed by atoms with E-state index >= 15 is 0 Å². The van der Waals surface area contributed by atoms with Crippen molar-refractivity contribution in [2.75, 3.05) is 6.61 Å². The predicted octanol–water partition coefficient (Wildman–Crippen LogP) is 2.13. The van der Waals surface area contributed by atoms with Crippen LogP contribution in [0.2, 0.25) is 0 Å². The highest BCUT2D eigenvalue weighted by Gasteiger charge is 2.14. The molecular formula is C7H13O. The number of hydrogen-bond donors (Lipinski definition) is 0. The van der Waals surface area contributed by atoms with Crippen LogP contribution in [0.15, 0.2) is 0 Å². The molecule has 0 atom stereocenters. The van der Waals surface area contributed by atoms with E-state index in [4.69, 9.17) is 4.74 Å². The summed E-state index contributed by atoms with van der Waals surface area (Å²) in [6, 6.07) is 0. The van der Waals surface area contributed by atoms with Crippen molar-refractivity contribution in [1.82, 2.24) is 0 Å². The molecule has 1 radical (unpaired) electrons. The van der Waals surface area contributed by atoms with Gasteiger partial charge in [0.05, 0.1) is 6.10 Å². The molecule has 1 aliphatic heterocycles. The van der Waals surface area contributed by atoms with Crippen LogP contribution in [0.3, 0.4) is 0 Å². The fraction of sp³-hybridized carbons (Fsp3) is 0.857. The molecule has 0 amide bonds. The van der Waals surface area contributed by atoms with Crippen LogP contribution in [0.25, 0.3) is 0 Å². The van der Waals surface area contributed by atoms with Gasteiger partial charge in [-0.15, -0.1) is 0 Å². The SMILES string of the molecule is CCC[C]1CCCO1. The second-order valence-corrected chi connectivity index (χ2v) is 2.24. The normalized spacial score (nSPS) is 22.1. The Balaban J connectivity index is 2.06. The molecule has 1 heterocycles. The molecule has 0 N–H and O–H groups in total. The van der Waals surface area contributed by atoms with Crippen LogP contribution in [0.1, 0.15) is 32.6 Å². The van der Waals surface area contributed by atoms with E-state index in [0.717, 1.165) is 6.61 Å². The Labute approximate surface area is 51.0 Å². The molecule has 0 spiro atoms. The summed E-state index contributed by atoms with van der Waals surface area (Å²) in [5.74, 6) is 0. The molecule has 1 fully saturated rings. The van der Waals surface area contributed by atoms with Crippen molar-refractivity contribution in [2.24, 2.45) is 0 Å². The van der Waals surface area contributed by atoms with Gasteiger partial charge in [-0.1, -0.05) is 13.3 Å². The Kier molecular flexibility index (Phi) is 2.34. The Morgan fingerprint density at radius 3 is 3.00 bits per heavy atom. The third-order valence-corrected chi connectivity index (χ3v) is 1.43. The lowest BCUT2D eigenvalue weighted by atomic mass is 10.1. The Hall–Kier alpha value is -0.0400. The summed E-state index contributed by atoms with van der Waals surface area (Å²) in [5.41, 5.74) is 0. The molecule has 0 bridgehead atoms. The van der Waals surface area contributed by atoms with Gasteiger partial charge in [0.15, 0.2) is 0 Å². The summed E-state index contributed by atoms with van der Waals surface area (Å²) in [6.45, 7) is 3.16. The van der Waals surface area contributed by atoms with Crippen LogP contribution < -0.4 is 0 Å². The summed E-state index contributed by atoms with van der Waals surface area (Å²) in [6.07, 6.45) is 6.20. The molecule has 0 aromatic rings. The van der Waals surface area contributed by atoms with Crippen molar-refractivity contribution in [2.45, 2.75) is 32.6 Å². The maximum Gasteiger partial charge on any atom is 0.0971 e. The highest BCUT2D eigenvalue weighted by molar-refractivity contribution is 4.81. The van der Waals surface area contributed by atoms with E-state index in [1.54, 1.807) is 0 Å². The van der Waals surface area contributed by atoms with E-state index in [1.807, 2.05) is 0 Å². The zero-order chi connectivity index (χ0) is 5.82. The van der Waals surface area contributed by atoms with Gasteiger partial charge in [0.25, 0.3) is 0 Å². The minimum Gasteiger partial charge on any atom is -0.372 e. The van der Waals surface area contributed by atoms with Crippen molar-refractivity contribution in [1.29, 1.82) is 0 Å². The van der Waals surface area contributed by atoms with Gasteiger partial charge in [-0.25, -0.2) is 0 Å². The average molecular weight is 113 g/mol. The van der Waals surface area contributed by atoms with Crippen LogP contribution in [0.5, 0.6) is 0 Å². The minimum absolute atomic E-state index is 0.968. The second kappa shape index (κ2) is 3.08. The molecule has 1 nitrogen and oxygen atoms in total. The summed E-state index contributed by atoms with van der Waals surface area (Å²) >= 11 is 0. The number of hydrogen-bond acceptors (Lipinski definition) is 1. The predicted molar refractivity (Wildman–Crippen MR) is 33.3 cm³/mol. The van der Waals surface area contributed by atoms with E-state index in [2.05, 4.69) is 6.92 Å². The van der Waals surface area contributed by atoms with Crippen LogP contribution in [-0.4, -0.2) is 6.61 Å². The van der Waals surface area contributed by atoms with Gasteiger partial charge in [0.2, 0.25) is 0 Å². The summed E-state index contributed by atoms with van der Waals surface area (Å²) in [5, 5.41) is 0. The summed E-state index contributed by atoms with van der Waals surface area (Å²) < 4.78 is 5.31. The van der Waals surface area contributed by atoms with Gasteiger partial charge in [-0.2, -0.15) is 0 Å². The molecule has 1 saturated heterocycles. The van der Waals surface area contributed by atoms with Crippen LogP contribution in [0.4, 0.5) is 0 Å². The standard InChI is InChI=1S/C7H13O/c1-2-4-7-5-3-6-8-7/h2-6H2,1H3. The smallest absolute Gasteiger partial charge is 0.0971 e. The van der Waals surface area contributed by atoms with Crippen LogP contribution in [0, 0.1) is 6.10 Å². The Morgan fingerprint density at radius 2 is 2.50 bits per heavy atom. The average Bonchev–Trinajstić information content (AvgIpc) is 2.19. The highest BCUT2D eigenvalue weighted by Crippen LogP contribution is 2.23. The molecule has 1 aliphatic rings. The molecule has 0 aliphatic carbocycles. The van der Waals surface area contributed by atoms with E-state index in [-0.39, 0.29) is 0 Å². The zero-order valence-electron chi connectivity index (χ0n) is 5.44. The van der Waals surface area contributed by atoms with Crippen molar-refractivity contribution in [3.8, 4) is 0 Å². The number of rotatable bonds is 2. The molecule has 1 heteroatoms. The Morgan fingerprint density at radius 1 is 1.62 bits per heavy atom. The highest BCUT2D eigenvalue weighted by atomic mass is 16.5. The quantitative estimate of drug-likeness (QED) is 0.533. The van der Waals surface area contributed by atoms with Crippen LogP contribution in [-0.2, 0) is 4.74 Å². The van der Waals surface area contributed by atoms with E-state index in [9.17, 15) is 0 Å². The Bertz CT molecular complexity index is 55.4. The van der Waals surface area contributed by atoms with Gasteiger partial charge >= 0.3 is 0 Å². The first-order chi connectivity index (χ1) is 3.93. The first-order valence-corrected chi connectivity index (χ1v) is 3.41. The largest absolute Gasteiger partial charge is 0.372 e. The van der Waals surface area contributed by atoms with Crippen molar-refractivity contribution in [3.05, 3.63) is 6.10 Å². The number of ether oxygens (including phenoxy) is 1. The van der Waals surface area contributed by atoms with E-state index in [1.165, 1.54) is 31.8 Å². The fourth-order valence-electron chi connectivity index (χ4n) is 1.03. The van der Waals surface area contributed by atoms with Gasteiger partial charge in [0.1, 0.15) is 0 Å². The maximum atomic E-state index is 5.31. The van der Waals surface area contributed by atoms with E-state index < -0.39 is 0 Å². The third-order valence-electron chi connectivity index (χ3n) is 1.43. The molecular weight excluding hydrogens is 100 g/mol. The lowest BCUT2D eigenvalue weighted by molar-refractivity contribution is 0.188. The molecule has 0 saturated carbocycles. The van der Waals surface area contributed by atoms with Crippen molar-refractivity contribution < 1.29 is 4.74 Å². The lowest BCUT2D eigenvalue weighted by Gasteiger charge is -2.02. The molecule has 8 heavy (non-hydrogen) atoms. The van der Waals surface area contributed by atoms with Crippen LogP contribution >= 0.6 is 0 Å². The van der Waals surface area contributed by atoms with Crippen molar-refractivity contribution >= 4 is 0 Å². The lowest BCUT2D eigenvalue weighted by Crippen LogP contribution is -1.91. The summed E-state index contributed by atoms with van der Waals surface area (Å²) in [4.78, 5) is 0. The molecule has 0 aromatic heterocycles. The first-order valence-electron chi connectivity index (χ1n) is 3.41. The minimum atomic E-state index is 0.968. The monoisotopic (exact) mass is 113 g/mol. The topological polar surface area (TPSA) is 9.23 Å². The van der Waals surface area contributed by atoms with E-state index in [0.29, 0.717) is 0 Å². The zero-order valence-corrected chi connectivity index (χ0v) is 5.44. The molecule has 0 aromatic carbocycles.